The van der Waals surface area contributed by atoms with Crippen molar-refractivity contribution in [2.75, 3.05) is 12.4 Å². The number of thiazole rings is 1. The van der Waals surface area contributed by atoms with E-state index in [4.69, 9.17) is 27.9 Å². The van der Waals surface area contributed by atoms with Gasteiger partial charge in [0.1, 0.15) is 11.3 Å². The molecule has 4 nitrogen and oxygen atoms in total. The number of rotatable bonds is 3. The average molecular weight is 353 g/mol. The summed E-state index contributed by atoms with van der Waals surface area (Å²) >= 11 is 13.2. The van der Waals surface area contributed by atoms with Crippen molar-refractivity contribution in [3.63, 3.8) is 0 Å². The van der Waals surface area contributed by atoms with Crippen LogP contribution in [-0.4, -0.2) is 18.0 Å². The second kappa shape index (κ2) is 6.12. The maximum Gasteiger partial charge on any atom is 0.257 e. The lowest BCUT2D eigenvalue weighted by molar-refractivity contribution is 0.102. The van der Waals surface area contributed by atoms with Gasteiger partial charge >= 0.3 is 0 Å². The monoisotopic (exact) mass is 352 g/mol. The lowest BCUT2D eigenvalue weighted by atomic mass is 10.2. The summed E-state index contributed by atoms with van der Waals surface area (Å²) in [5, 5.41) is 4.05. The van der Waals surface area contributed by atoms with Crippen LogP contribution in [-0.2, 0) is 0 Å². The number of carbonyl (C=O) groups is 1. The van der Waals surface area contributed by atoms with Crippen LogP contribution < -0.4 is 10.1 Å². The number of amides is 1. The zero-order valence-corrected chi connectivity index (χ0v) is 13.7. The van der Waals surface area contributed by atoms with Gasteiger partial charge in [-0.2, -0.15) is 0 Å². The SMILES string of the molecule is COc1cccc2sc(NC(=O)c3cc(Cl)cc(Cl)c3)nc12. The number of para-hydroxylation sites is 1. The fraction of sp³-hybridized carbons (Fsp3) is 0.0667. The van der Waals surface area contributed by atoms with E-state index in [1.807, 2.05) is 18.2 Å². The van der Waals surface area contributed by atoms with Gasteiger partial charge in [-0.05, 0) is 30.3 Å². The van der Waals surface area contributed by atoms with E-state index < -0.39 is 0 Å². The standard InChI is InChI=1S/C15H10Cl2N2O2S/c1-21-11-3-2-4-12-13(11)18-15(22-12)19-14(20)8-5-9(16)7-10(17)6-8/h2-7H,1H3,(H,18,19,20). The topological polar surface area (TPSA) is 51.2 Å². The molecule has 3 rings (SSSR count). The van der Waals surface area contributed by atoms with E-state index in [-0.39, 0.29) is 5.91 Å². The largest absolute Gasteiger partial charge is 0.494 e. The predicted octanol–water partition coefficient (Wildman–Crippen LogP) is 4.86. The Hall–Kier alpha value is -1.82. The Kier molecular flexibility index (Phi) is 4.20. The van der Waals surface area contributed by atoms with Crippen LogP contribution in [0.1, 0.15) is 10.4 Å². The number of nitrogens with one attached hydrogen (secondary N) is 1. The molecule has 0 fully saturated rings. The smallest absolute Gasteiger partial charge is 0.257 e. The van der Waals surface area contributed by atoms with Crippen molar-refractivity contribution in [3.05, 3.63) is 52.0 Å². The van der Waals surface area contributed by atoms with Gasteiger partial charge in [0.05, 0.1) is 11.8 Å². The molecule has 7 heteroatoms. The van der Waals surface area contributed by atoms with Crippen LogP contribution in [0.4, 0.5) is 5.13 Å². The van der Waals surface area contributed by atoms with E-state index in [1.165, 1.54) is 11.3 Å². The maximum atomic E-state index is 12.3. The zero-order valence-electron chi connectivity index (χ0n) is 11.4. The molecule has 1 amide bonds. The molecule has 0 saturated heterocycles. The quantitative estimate of drug-likeness (QED) is 0.731. The van der Waals surface area contributed by atoms with Crippen molar-refractivity contribution in [1.82, 2.24) is 4.98 Å². The first-order valence-corrected chi connectivity index (χ1v) is 7.85. The molecule has 1 aromatic heterocycles. The van der Waals surface area contributed by atoms with Gasteiger partial charge in [-0.15, -0.1) is 0 Å². The average Bonchev–Trinajstić information content (AvgIpc) is 2.88. The fourth-order valence-electron chi connectivity index (χ4n) is 2.00. The number of halogens is 2. The highest BCUT2D eigenvalue weighted by Gasteiger charge is 2.13. The zero-order chi connectivity index (χ0) is 15.7. The van der Waals surface area contributed by atoms with Gasteiger partial charge in [0.2, 0.25) is 0 Å². The predicted molar refractivity (Wildman–Crippen MR) is 90.6 cm³/mol. The van der Waals surface area contributed by atoms with Crippen LogP contribution in [0.15, 0.2) is 36.4 Å². The first-order chi connectivity index (χ1) is 10.6. The van der Waals surface area contributed by atoms with E-state index >= 15 is 0 Å². The van der Waals surface area contributed by atoms with E-state index in [9.17, 15) is 4.79 Å². The number of hydrogen-bond donors (Lipinski definition) is 1. The Bertz CT molecular complexity index is 844. The van der Waals surface area contributed by atoms with Gasteiger partial charge in [0, 0.05) is 15.6 Å². The molecule has 0 atom stereocenters. The highest BCUT2D eigenvalue weighted by atomic mass is 35.5. The molecule has 1 N–H and O–H groups in total. The highest BCUT2D eigenvalue weighted by molar-refractivity contribution is 7.22. The molecule has 0 aliphatic rings. The second-order valence-electron chi connectivity index (χ2n) is 4.44. The molecule has 0 aliphatic heterocycles. The van der Waals surface area contributed by atoms with Crippen molar-refractivity contribution in [2.24, 2.45) is 0 Å². The molecule has 1 heterocycles. The summed E-state index contributed by atoms with van der Waals surface area (Å²) in [5.41, 5.74) is 1.10. The first kappa shape index (κ1) is 15.1. The van der Waals surface area contributed by atoms with Crippen LogP contribution >= 0.6 is 34.5 Å². The molecule has 3 aromatic rings. The number of benzene rings is 2. The molecule has 22 heavy (non-hydrogen) atoms. The number of carbonyl (C=O) groups excluding carboxylic acids is 1. The van der Waals surface area contributed by atoms with Crippen molar-refractivity contribution in [1.29, 1.82) is 0 Å². The number of methoxy groups -OCH3 is 1. The number of hydrogen-bond acceptors (Lipinski definition) is 4. The third kappa shape index (κ3) is 3.02. The highest BCUT2D eigenvalue weighted by Crippen LogP contribution is 2.32. The Morgan fingerprint density at radius 3 is 2.64 bits per heavy atom. The molecule has 0 spiro atoms. The molecule has 0 aliphatic carbocycles. The van der Waals surface area contributed by atoms with E-state index in [1.54, 1.807) is 25.3 Å². The van der Waals surface area contributed by atoms with Crippen molar-refractivity contribution < 1.29 is 9.53 Å². The minimum absolute atomic E-state index is 0.317. The second-order valence-corrected chi connectivity index (χ2v) is 6.34. The van der Waals surface area contributed by atoms with Gasteiger partial charge in [-0.1, -0.05) is 40.6 Å². The lowest BCUT2D eigenvalue weighted by Crippen LogP contribution is -2.11. The summed E-state index contributed by atoms with van der Waals surface area (Å²) in [4.78, 5) is 16.6. The van der Waals surface area contributed by atoms with Crippen LogP contribution in [0.2, 0.25) is 10.0 Å². The Morgan fingerprint density at radius 2 is 1.95 bits per heavy atom. The van der Waals surface area contributed by atoms with Gasteiger partial charge in [0.15, 0.2) is 5.13 Å². The van der Waals surface area contributed by atoms with Crippen molar-refractivity contribution in [3.8, 4) is 5.75 Å². The Balaban J connectivity index is 1.91. The van der Waals surface area contributed by atoms with Crippen molar-refractivity contribution >= 4 is 55.8 Å². The summed E-state index contributed by atoms with van der Waals surface area (Å²) in [6.07, 6.45) is 0. The molecular weight excluding hydrogens is 343 g/mol. The summed E-state index contributed by atoms with van der Waals surface area (Å²) in [7, 11) is 1.58. The summed E-state index contributed by atoms with van der Waals surface area (Å²) in [6.45, 7) is 0. The van der Waals surface area contributed by atoms with Gasteiger partial charge in [-0.3, -0.25) is 10.1 Å². The van der Waals surface area contributed by atoms with Crippen LogP contribution in [0.5, 0.6) is 5.75 Å². The van der Waals surface area contributed by atoms with Crippen molar-refractivity contribution in [2.45, 2.75) is 0 Å². The Morgan fingerprint density at radius 1 is 1.23 bits per heavy atom. The summed E-state index contributed by atoms with van der Waals surface area (Å²) in [6, 6.07) is 10.3. The van der Waals surface area contributed by atoms with Gasteiger partial charge in [0.25, 0.3) is 5.91 Å². The molecule has 0 saturated carbocycles. The number of nitrogens with zero attached hydrogens (tertiary/aromatic N) is 1. The number of anilines is 1. The number of ether oxygens (including phenoxy) is 1. The normalized spacial score (nSPS) is 10.7. The number of fused-ring (bicyclic) bond motifs is 1. The molecule has 2 aromatic carbocycles. The fourth-order valence-corrected chi connectivity index (χ4v) is 3.40. The third-order valence-electron chi connectivity index (χ3n) is 2.95. The molecule has 0 bridgehead atoms. The summed E-state index contributed by atoms with van der Waals surface area (Å²) < 4.78 is 6.19. The first-order valence-electron chi connectivity index (χ1n) is 6.28. The summed E-state index contributed by atoms with van der Waals surface area (Å²) in [5.74, 6) is 0.350. The van der Waals surface area contributed by atoms with E-state index in [2.05, 4.69) is 10.3 Å². The van der Waals surface area contributed by atoms with E-state index in [0.717, 1.165) is 10.2 Å². The van der Waals surface area contributed by atoms with Crippen LogP contribution in [0.3, 0.4) is 0 Å². The molecule has 0 unspecified atom stereocenters. The lowest BCUT2D eigenvalue weighted by Gasteiger charge is -2.03. The van der Waals surface area contributed by atoms with E-state index in [0.29, 0.717) is 26.5 Å². The van der Waals surface area contributed by atoms with Gasteiger partial charge < -0.3 is 4.74 Å². The Labute approximate surface area is 140 Å². The molecular formula is C15H10Cl2N2O2S. The molecule has 0 radical (unpaired) electrons. The minimum atomic E-state index is -0.317. The third-order valence-corrected chi connectivity index (χ3v) is 4.32. The van der Waals surface area contributed by atoms with Crippen LogP contribution in [0.25, 0.3) is 10.2 Å². The van der Waals surface area contributed by atoms with Crippen LogP contribution in [0, 0.1) is 0 Å². The molecule has 112 valence electrons. The maximum absolute atomic E-state index is 12.3. The number of aromatic nitrogens is 1. The minimum Gasteiger partial charge on any atom is -0.494 e. The van der Waals surface area contributed by atoms with Gasteiger partial charge in [-0.25, -0.2) is 4.98 Å².